The Morgan fingerprint density at radius 2 is 1.76 bits per heavy atom. The number of halogens is 3. The maximum absolute atomic E-state index is 12.3. The zero-order valence-electron chi connectivity index (χ0n) is 9.37. The summed E-state index contributed by atoms with van der Waals surface area (Å²) in [6.45, 7) is 0. The van der Waals surface area contributed by atoms with Gasteiger partial charge in [-0.05, 0) is 49.3 Å². The molecule has 0 aliphatic heterocycles. The van der Waals surface area contributed by atoms with Crippen molar-refractivity contribution in [3.63, 3.8) is 0 Å². The zero-order chi connectivity index (χ0) is 12.5. The Labute approximate surface area is 98.3 Å². The minimum absolute atomic E-state index is 0.294. The molecule has 1 atom stereocenters. The number of rotatable bonds is 4. The Bertz CT molecular complexity index is 365. The van der Waals surface area contributed by atoms with E-state index < -0.39 is 11.7 Å². The molecule has 94 valence electrons. The monoisotopic (exact) mass is 244 g/mol. The van der Waals surface area contributed by atoms with Crippen molar-refractivity contribution in [2.75, 3.05) is 0 Å². The van der Waals surface area contributed by atoms with Gasteiger partial charge in [-0.15, -0.1) is 0 Å². The number of hydrogen-bond acceptors (Lipinski definition) is 1. The molecule has 0 saturated heterocycles. The van der Waals surface area contributed by atoms with Crippen LogP contribution in [0.5, 0.6) is 0 Å². The van der Waals surface area contributed by atoms with E-state index in [9.17, 15) is 18.3 Å². The molecule has 1 aliphatic carbocycles. The lowest BCUT2D eigenvalue weighted by Gasteiger charge is -2.10. The van der Waals surface area contributed by atoms with Gasteiger partial charge >= 0.3 is 6.18 Å². The van der Waals surface area contributed by atoms with E-state index in [-0.39, 0.29) is 6.10 Å². The second-order valence-corrected chi connectivity index (χ2v) is 4.64. The quantitative estimate of drug-likeness (QED) is 0.860. The summed E-state index contributed by atoms with van der Waals surface area (Å²) in [5.74, 6) is 0.421. The van der Waals surface area contributed by atoms with Gasteiger partial charge in [0.1, 0.15) is 0 Å². The molecule has 1 aromatic carbocycles. The molecule has 0 aromatic heterocycles. The highest BCUT2D eigenvalue weighted by atomic mass is 19.4. The van der Waals surface area contributed by atoms with Crippen molar-refractivity contribution >= 4 is 0 Å². The molecule has 0 heterocycles. The van der Waals surface area contributed by atoms with E-state index in [4.69, 9.17) is 0 Å². The molecule has 1 aliphatic rings. The molecule has 1 aromatic rings. The minimum atomic E-state index is -4.27. The Balaban J connectivity index is 1.89. The highest BCUT2D eigenvalue weighted by molar-refractivity contribution is 5.24. The van der Waals surface area contributed by atoms with Gasteiger partial charge in [0.05, 0.1) is 11.7 Å². The zero-order valence-corrected chi connectivity index (χ0v) is 9.37. The van der Waals surface area contributed by atoms with Gasteiger partial charge in [0.15, 0.2) is 0 Å². The lowest BCUT2D eigenvalue weighted by molar-refractivity contribution is -0.137. The van der Waals surface area contributed by atoms with Gasteiger partial charge < -0.3 is 5.11 Å². The molecule has 1 unspecified atom stereocenters. The maximum Gasteiger partial charge on any atom is 0.416 e. The molecular weight excluding hydrogens is 229 g/mol. The van der Waals surface area contributed by atoms with Crippen LogP contribution in [0.1, 0.15) is 30.4 Å². The Kier molecular flexibility index (Phi) is 3.43. The number of hydrogen-bond donors (Lipinski definition) is 1. The van der Waals surface area contributed by atoms with Gasteiger partial charge in [-0.25, -0.2) is 0 Å². The average molecular weight is 244 g/mol. The second kappa shape index (κ2) is 4.69. The predicted octanol–water partition coefficient (Wildman–Crippen LogP) is 3.41. The van der Waals surface area contributed by atoms with Gasteiger partial charge in [-0.1, -0.05) is 12.1 Å². The van der Waals surface area contributed by atoms with Crippen LogP contribution in [0.25, 0.3) is 0 Å². The Morgan fingerprint density at radius 3 is 2.24 bits per heavy atom. The molecule has 1 nitrogen and oxygen atoms in total. The largest absolute Gasteiger partial charge is 0.416 e. The van der Waals surface area contributed by atoms with Gasteiger partial charge in [0.2, 0.25) is 0 Å². The first-order valence-electron chi connectivity index (χ1n) is 5.81. The third-order valence-corrected chi connectivity index (χ3v) is 3.18. The topological polar surface area (TPSA) is 20.2 Å². The summed E-state index contributed by atoms with van der Waals surface area (Å²) in [6, 6.07) is 5.17. The van der Waals surface area contributed by atoms with Crippen LogP contribution in [0.2, 0.25) is 0 Å². The number of alkyl halides is 3. The first kappa shape index (κ1) is 12.4. The van der Waals surface area contributed by atoms with E-state index in [1.165, 1.54) is 12.1 Å². The summed E-state index contributed by atoms with van der Waals surface area (Å²) in [5, 5.41) is 9.65. The first-order chi connectivity index (χ1) is 7.97. The molecule has 0 radical (unpaired) electrons. The van der Waals surface area contributed by atoms with Crippen molar-refractivity contribution < 1.29 is 18.3 Å². The summed E-state index contributed by atoms with van der Waals surface area (Å²) in [7, 11) is 0. The van der Waals surface area contributed by atoms with Crippen molar-refractivity contribution in [1.29, 1.82) is 0 Å². The Morgan fingerprint density at radius 1 is 1.18 bits per heavy atom. The van der Waals surface area contributed by atoms with Crippen LogP contribution >= 0.6 is 0 Å². The molecule has 4 heteroatoms. The highest BCUT2D eigenvalue weighted by Crippen LogP contribution is 2.34. The standard InChI is InChI=1S/C13H15F3O/c14-13(15,16)11-6-1-9(2-7-11)3-8-12(17)10-4-5-10/h1-2,6-7,10,12,17H,3-5,8H2. The summed E-state index contributed by atoms with van der Waals surface area (Å²) in [6.07, 6.45) is -1.14. The molecule has 1 fully saturated rings. The summed E-state index contributed by atoms with van der Waals surface area (Å²) in [5.41, 5.74) is 0.224. The van der Waals surface area contributed by atoms with Gasteiger partial charge in [-0.3, -0.25) is 0 Å². The van der Waals surface area contributed by atoms with E-state index in [0.717, 1.165) is 30.5 Å². The van der Waals surface area contributed by atoms with E-state index in [2.05, 4.69) is 0 Å². The maximum atomic E-state index is 12.3. The van der Waals surface area contributed by atoms with E-state index in [1.807, 2.05) is 0 Å². The minimum Gasteiger partial charge on any atom is -0.393 e. The Hall–Kier alpha value is -1.03. The molecule has 1 saturated carbocycles. The van der Waals surface area contributed by atoms with Crippen LogP contribution in [0, 0.1) is 5.92 Å². The van der Waals surface area contributed by atoms with E-state index >= 15 is 0 Å². The molecule has 0 amide bonds. The summed E-state index contributed by atoms with van der Waals surface area (Å²) in [4.78, 5) is 0. The summed E-state index contributed by atoms with van der Waals surface area (Å²) >= 11 is 0. The van der Waals surface area contributed by atoms with Crippen LogP contribution in [-0.4, -0.2) is 11.2 Å². The lowest BCUT2D eigenvalue weighted by atomic mass is 10.0. The first-order valence-corrected chi connectivity index (χ1v) is 5.81. The lowest BCUT2D eigenvalue weighted by Crippen LogP contribution is -2.10. The second-order valence-electron chi connectivity index (χ2n) is 4.64. The number of aryl methyl sites for hydroxylation is 1. The van der Waals surface area contributed by atoms with Crippen molar-refractivity contribution in [3.05, 3.63) is 35.4 Å². The molecule has 1 N–H and O–H groups in total. The van der Waals surface area contributed by atoms with Crippen LogP contribution < -0.4 is 0 Å². The van der Waals surface area contributed by atoms with E-state index in [0.29, 0.717) is 18.8 Å². The van der Waals surface area contributed by atoms with E-state index in [1.54, 1.807) is 0 Å². The average Bonchev–Trinajstić information content (AvgIpc) is 3.09. The van der Waals surface area contributed by atoms with Crippen molar-refractivity contribution in [2.45, 2.75) is 38.0 Å². The molecular formula is C13H15F3O. The molecule has 17 heavy (non-hydrogen) atoms. The predicted molar refractivity (Wildman–Crippen MR) is 58.5 cm³/mol. The molecule has 0 bridgehead atoms. The fourth-order valence-electron chi connectivity index (χ4n) is 1.89. The fraction of sp³-hybridized carbons (Fsp3) is 0.538. The fourth-order valence-corrected chi connectivity index (χ4v) is 1.89. The number of aliphatic hydroxyl groups is 1. The van der Waals surface area contributed by atoms with Gasteiger partial charge in [0.25, 0.3) is 0 Å². The van der Waals surface area contributed by atoms with Crippen LogP contribution in [0.3, 0.4) is 0 Å². The molecule has 2 rings (SSSR count). The van der Waals surface area contributed by atoms with Crippen molar-refractivity contribution in [2.24, 2.45) is 5.92 Å². The third kappa shape index (κ3) is 3.46. The number of aliphatic hydroxyl groups excluding tert-OH is 1. The van der Waals surface area contributed by atoms with Crippen LogP contribution in [0.4, 0.5) is 13.2 Å². The van der Waals surface area contributed by atoms with Crippen LogP contribution in [0.15, 0.2) is 24.3 Å². The smallest absolute Gasteiger partial charge is 0.393 e. The van der Waals surface area contributed by atoms with Crippen molar-refractivity contribution in [1.82, 2.24) is 0 Å². The van der Waals surface area contributed by atoms with Crippen molar-refractivity contribution in [3.8, 4) is 0 Å². The van der Waals surface area contributed by atoms with Crippen LogP contribution in [-0.2, 0) is 12.6 Å². The molecule has 0 spiro atoms. The van der Waals surface area contributed by atoms with Gasteiger partial charge in [-0.2, -0.15) is 13.2 Å². The SMILES string of the molecule is OC(CCc1ccc(C(F)(F)F)cc1)C1CC1. The summed E-state index contributed by atoms with van der Waals surface area (Å²) < 4.78 is 36.9. The highest BCUT2D eigenvalue weighted by Gasteiger charge is 2.30. The van der Waals surface area contributed by atoms with Gasteiger partial charge in [0, 0.05) is 0 Å². The third-order valence-electron chi connectivity index (χ3n) is 3.18. The normalized spacial score (nSPS) is 18.1. The number of benzene rings is 1.